The van der Waals surface area contributed by atoms with Gasteiger partial charge in [0.15, 0.2) is 0 Å². The lowest BCUT2D eigenvalue weighted by Crippen LogP contribution is -2.47. The topological polar surface area (TPSA) is 114 Å². The molecule has 0 aliphatic heterocycles. The molecular weight excluding hydrogens is 1050 g/mol. The molecule has 0 spiro atoms. The van der Waals surface area contributed by atoms with Gasteiger partial charge in [0.05, 0.1) is 33.8 Å². The minimum atomic E-state index is -4.71. The van der Waals surface area contributed by atoms with Crippen LogP contribution in [0.2, 0.25) is 0 Å². The molecule has 0 aliphatic rings. The number of phosphoric ester groups is 1. The van der Waals surface area contributed by atoms with Crippen molar-refractivity contribution in [2.24, 2.45) is 0 Å². The van der Waals surface area contributed by atoms with Crippen LogP contribution in [0.15, 0.2) is 60.8 Å². The van der Waals surface area contributed by atoms with Gasteiger partial charge < -0.3 is 28.5 Å². The number of unbranched alkanes of at least 4 members (excludes halogenated alkanes) is 41. The summed E-state index contributed by atoms with van der Waals surface area (Å²) in [7, 11) is 1.18. The molecule has 0 saturated heterocycles. The first-order valence-electron chi connectivity index (χ1n) is 35.6. The molecule has 0 bridgehead atoms. The van der Waals surface area contributed by atoms with Crippen LogP contribution < -0.4 is 10.2 Å². The second-order valence-corrected chi connectivity index (χ2v) is 26.8. The van der Waals surface area contributed by atoms with Crippen LogP contribution in [0.3, 0.4) is 0 Å². The van der Waals surface area contributed by atoms with Crippen molar-refractivity contribution in [2.45, 2.75) is 354 Å². The Morgan fingerprint density at radius 2 is 0.735 bits per heavy atom. The van der Waals surface area contributed by atoms with E-state index in [0.717, 1.165) is 89.9 Å². The summed E-state index contributed by atoms with van der Waals surface area (Å²) in [6.07, 6.45) is 80.6. The molecule has 1 amide bonds. The van der Waals surface area contributed by atoms with Gasteiger partial charge in [-0.15, -0.1) is 0 Å². The molecule has 0 aromatic heterocycles. The van der Waals surface area contributed by atoms with Gasteiger partial charge in [-0.1, -0.05) is 313 Å². The lowest BCUT2D eigenvalue weighted by Gasteiger charge is -2.30. The molecule has 1 N–H and O–H groups in total. The molecule has 0 saturated carbocycles. The van der Waals surface area contributed by atoms with Crippen molar-refractivity contribution in [1.29, 1.82) is 0 Å². The Morgan fingerprint density at radius 1 is 0.422 bits per heavy atom. The second-order valence-electron chi connectivity index (χ2n) is 25.4. The van der Waals surface area contributed by atoms with Crippen LogP contribution in [0.25, 0.3) is 0 Å². The molecule has 0 aliphatic carbocycles. The molecule has 10 heteroatoms. The van der Waals surface area contributed by atoms with E-state index in [0.29, 0.717) is 23.9 Å². The normalized spacial score (nSPS) is 13.9. The zero-order chi connectivity index (χ0) is 60.7. The minimum absolute atomic E-state index is 0.0253. The lowest BCUT2D eigenvalue weighted by molar-refractivity contribution is -0.870. The molecule has 0 radical (unpaired) electrons. The van der Waals surface area contributed by atoms with Crippen molar-refractivity contribution in [1.82, 2.24) is 5.32 Å². The van der Waals surface area contributed by atoms with Crippen LogP contribution in [0.4, 0.5) is 0 Å². The maximum absolute atomic E-state index is 13.6. The third-order valence-corrected chi connectivity index (χ3v) is 16.9. The average molecular weight is 1190 g/mol. The fourth-order valence-corrected chi connectivity index (χ4v) is 11.2. The van der Waals surface area contributed by atoms with Crippen LogP contribution in [-0.4, -0.2) is 69.4 Å². The summed E-state index contributed by atoms with van der Waals surface area (Å²) in [5.74, 6) is -0.549. The average Bonchev–Trinajstić information content (AvgIpc) is 3.51. The number of esters is 1. The fourth-order valence-electron chi connectivity index (χ4n) is 10.4. The molecule has 83 heavy (non-hydrogen) atoms. The number of phosphoric acid groups is 1. The largest absolute Gasteiger partial charge is 0.756 e. The first-order valence-corrected chi connectivity index (χ1v) is 37.1. The molecule has 0 rings (SSSR count). The van der Waals surface area contributed by atoms with Crippen molar-refractivity contribution < 1.29 is 37.3 Å². The number of amides is 1. The van der Waals surface area contributed by atoms with Crippen LogP contribution >= 0.6 is 7.82 Å². The molecule has 0 aromatic rings. The van der Waals surface area contributed by atoms with Gasteiger partial charge in [0, 0.05) is 12.8 Å². The Balaban J connectivity index is 5.03. The molecule has 0 aromatic carbocycles. The SMILES string of the molecule is CCCCC/C=C\C/C=C\C/C=C\C/C=C\CCCCCCCC(=O)OC(/C=C/CCCCCCCCCCC)C(COP(=O)([O-])OCC[N+](C)(C)C)NC(=O)CCCCCCCCCCCCCCCCCCCCCCCCCCC. The Kier molecular flexibility index (Phi) is 61.0. The van der Waals surface area contributed by atoms with E-state index in [2.05, 4.69) is 74.7 Å². The summed E-state index contributed by atoms with van der Waals surface area (Å²) in [5, 5.41) is 3.04. The summed E-state index contributed by atoms with van der Waals surface area (Å²) in [6, 6.07) is -0.896. The van der Waals surface area contributed by atoms with E-state index < -0.39 is 26.6 Å². The number of hydrogen-bond donors (Lipinski definition) is 1. The number of allylic oxidation sites excluding steroid dienone is 9. The van der Waals surface area contributed by atoms with Crippen molar-refractivity contribution in [3.05, 3.63) is 60.8 Å². The zero-order valence-electron chi connectivity index (χ0n) is 55.7. The summed E-state index contributed by atoms with van der Waals surface area (Å²) in [6.45, 7) is 6.84. The quantitative estimate of drug-likeness (QED) is 0.0212. The molecule has 3 unspecified atom stereocenters. The number of nitrogens with zero attached hydrogens (tertiary/aromatic N) is 1. The van der Waals surface area contributed by atoms with Gasteiger partial charge in [0.1, 0.15) is 19.3 Å². The second kappa shape index (κ2) is 62.8. The van der Waals surface area contributed by atoms with E-state index >= 15 is 0 Å². The number of hydrogen-bond acceptors (Lipinski definition) is 7. The number of carbonyl (C=O) groups is 2. The van der Waals surface area contributed by atoms with Crippen LogP contribution in [-0.2, 0) is 27.9 Å². The standard InChI is InChI=1S/C73H137N2O7P/c1-7-10-13-16-19-22-25-27-29-31-33-35-36-37-38-40-41-43-45-47-50-53-56-59-62-65-72(76)74-70(69-81-83(78,79)80-68-67-75(4,5)6)71(64-61-58-55-52-49-24-21-18-15-12-9-3)82-73(77)66-63-60-57-54-51-48-46-44-42-39-34-32-30-28-26-23-20-17-14-11-8-2/h20,23,28,30,34,39,44,46,61,64,70-71H,7-19,21-22,24-27,29,31-33,35-38,40-43,45,47-60,62-63,65-69H2,1-6H3,(H-,74,76,78,79)/b23-20-,30-28-,39-34-,46-44-,64-61+. The van der Waals surface area contributed by atoms with Crippen LogP contribution in [0.1, 0.15) is 342 Å². The van der Waals surface area contributed by atoms with E-state index in [1.807, 2.05) is 33.3 Å². The van der Waals surface area contributed by atoms with E-state index in [9.17, 15) is 19.0 Å². The number of likely N-dealkylation sites (N-methyl/N-ethyl adjacent to an activating group) is 1. The van der Waals surface area contributed by atoms with Gasteiger partial charge in [-0.25, -0.2) is 0 Å². The number of nitrogens with one attached hydrogen (secondary N) is 1. The van der Waals surface area contributed by atoms with Crippen LogP contribution in [0, 0.1) is 0 Å². The number of ether oxygens (including phenoxy) is 1. The summed E-state index contributed by atoms with van der Waals surface area (Å²) in [5.41, 5.74) is 0. The molecule has 486 valence electrons. The van der Waals surface area contributed by atoms with Gasteiger partial charge in [0.25, 0.3) is 7.82 Å². The number of carbonyl (C=O) groups excluding carboxylic acids is 2. The van der Waals surface area contributed by atoms with E-state index in [1.54, 1.807) is 0 Å². The zero-order valence-corrected chi connectivity index (χ0v) is 56.6. The number of quaternary nitrogens is 1. The van der Waals surface area contributed by atoms with Gasteiger partial charge in [0.2, 0.25) is 5.91 Å². The van der Waals surface area contributed by atoms with Gasteiger partial charge in [-0.3, -0.25) is 14.2 Å². The first kappa shape index (κ1) is 80.7. The summed E-state index contributed by atoms with van der Waals surface area (Å²) >= 11 is 0. The molecule has 0 heterocycles. The number of rotatable bonds is 65. The third kappa shape index (κ3) is 64.0. The summed E-state index contributed by atoms with van der Waals surface area (Å²) < 4.78 is 30.4. The Labute approximate surface area is 515 Å². The predicted octanol–water partition coefficient (Wildman–Crippen LogP) is 21.9. The maximum atomic E-state index is 13.6. The predicted molar refractivity (Wildman–Crippen MR) is 358 cm³/mol. The Morgan fingerprint density at radius 3 is 1.12 bits per heavy atom. The fraction of sp³-hybridized carbons (Fsp3) is 0.836. The van der Waals surface area contributed by atoms with Crippen molar-refractivity contribution in [2.75, 3.05) is 40.9 Å². The highest BCUT2D eigenvalue weighted by atomic mass is 31.2. The minimum Gasteiger partial charge on any atom is -0.756 e. The highest BCUT2D eigenvalue weighted by Crippen LogP contribution is 2.38. The van der Waals surface area contributed by atoms with E-state index in [-0.39, 0.29) is 24.9 Å². The van der Waals surface area contributed by atoms with Crippen molar-refractivity contribution >= 4 is 19.7 Å². The van der Waals surface area contributed by atoms with Gasteiger partial charge in [-0.2, -0.15) is 0 Å². The Hall–Kier alpha value is -2.29. The van der Waals surface area contributed by atoms with Crippen molar-refractivity contribution in [3.63, 3.8) is 0 Å². The highest BCUT2D eigenvalue weighted by molar-refractivity contribution is 7.45. The van der Waals surface area contributed by atoms with Gasteiger partial charge in [-0.05, 0) is 76.7 Å². The van der Waals surface area contributed by atoms with Crippen molar-refractivity contribution in [3.8, 4) is 0 Å². The maximum Gasteiger partial charge on any atom is 0.306 e. The van der Waals surface area contributed by atoms with Crippen LogP contribution in [0.5, 0.6) is 0 Å². The monoisotopic (exact) mass is 1190 g/mol. The smallest absolute Gasteiger partial charge is 0.306 e. The Bertz CT molecular complexity index is 1600. The lowest BCUT2D eigenvalue weighted by atomic mass is 10.0. The molecule has 0 fully saturated rings. The molecule has 3 atom stereocenters. The first-order chi connectivity index (χ1) is 40.4. The van der Waals surface area contributed by atoms with E-state index in [1.165, 1.54) is 212 Å². The third-order valence-electron chi connectivity index (χ3n) is 16.0. The highest BCUT2D eigenvalue weighted by Gasteiger charge is 2.27. The molecular formula is C73H137N2O7P. The van der Waals surface area contributed by atoms with E-state index in [4.69, 9.17) is 13.8 Å². The summed E-state index contributed by atoms with van der Waals surface area (Å²) in [4.78, 5) is 40.1. The molecule has 9 nitrogen and oxygen atoms in total. The van der Waals surface area contributed by atoms with Gasteiger partial charge >= 0.3 is 5.97 Å².